The molecular weight excluding hydrogens is 222 g/mol. The maximum absolute atomic E-state index is 12.8. The second-order valence-corrected chi connectivity index (χ2v) is 3.21. The zero-order valence-corrected chi connectivity index (χ0v) is 9.07. The van der Waals surface area contributed by atoms with Crippen molar-refractivity contribution in [1.29, 1.82) is 0 Å². The number of nitrogens with two attached hydrogens (primary N) is 2. The van der Waals surface area contributed by atoms with Gasteiger partial charge in [-0.05, 0) is 37.1 Å². The van der Waals surface area contributed by atoms with Crippen LogP contribution in [0.3, 0.4) is 0 Å². The molecule has 0 aliphatic rings. The second-order valence-electron chi connectivity index (χ2n) is 3.21. The van der Waals surface area contributed by atoms with Gasteiger partial charge < -0.3 is 11.5 Å². The van der Waals surface area contributed by atoms with Crippen LogP contribution in [0.2, 0.25) is 0 Å². The van der Waals surface area contributed by atoms with E-state index in [0.29, 0.717) is 18.5 Å². The van der Waals surface area contributed by atoms with E-state index in [-0.39, 0.29) is 18.4 Å². The highest BCUT2D eigenvalue weighted by atomic mass is 35.5. The molecule has 0 aliphatic carbocycles. The molecule has 0 saturated carbocycles. The minimum atomic E-state index is -0.856. The van der Waals surface area contributed by atoms with E-state index in [1.54, 1.807) is 0 Å². The predicted octanol–water partition coefficient (Wildman–Crippen LogP) is 2.13. The molecule has 5 heteroatoms. The zero-order chi connectivity index (χ0) is 10.6. The molecule has 0 saturated heterocycles. The molecule has 1 aromatic rings. The number of hydrogen-bond donors (Lipinski definition) is 2. The third-order valence-corrected chi connectivity index (χ3v) is 2.09. The molecule has 15 heavy (non-hydrogen) atoms. The zero-order valence-electron chi connectivity index (χ0n) is 8.25. The molecule has 0 aliphatic heterocycles. The third-order valence-electron chi connectivity index (χ3n) is 2.09. The van der Waals surface area contributed by atoms with Crippen LogP contribution in [0.5, 0.6) is 0 Å². The van der Waals surface area contributed by atoms with Gasteiger partial charge in [0.2, 0.25) is 0 Å². The molecule has 1 rings (SSSR count). The summed E-state index contributed by atoms with van der Waals surface area (Å²) in [6.45, 7) is 0.553. The van der Waals surface area contributed by atoms with E-state index in [1.165, 1.54) is 6.07 Å². The van der Waals surface area contributed by atoms with Gasteiger partial charge in [0.1, 0.15) is 0 Å². The van der Waals surface area contributed by atoms with Crippen LogP contribution in [0, 0.1) is 11.6 Å². The lowest BCUT2D eigenvalue weighted by molar-refractivity contribution is 0.503. The molecule has 0 spiro atoms. The van der Waals surface area contributed by atoms with Crippen LogP contribution in [0.25, 0.3) is 0 Å². The Morgan fingerprint density at radius 2 is 1.87 bits per heavy atom. The van der Waals surface area contributed by atoms with Crippen molar-refractivity contribution in [1.82, 2.24) is 0 Å². The van der Waals surface area contributed by atoms with Gasteiger partial charge in [0, 0.05) is 6.04 Å². The Morgan fingerprint density at radius 1 is 1.20 bits per heavy atom. The summed E-state index contributed by atoms with van der Waals surface area (Å²) in [6.07, 6.45) is 1.46. The Labute approximate surface area is 94.1 Å². The van der Waals surface area contributed by atoms with Crippen molar-refractivity contribution in [3.63, 3.8) is 0 Å². The highest BCUT2D eigenvalue weighted by molar-refractivity contribution is 5.85. The van der Waals surface area contributed by atoms with Crippen LogP contribution in [0.15, 0.2) is 18.2 Å². The number of rotatable bonds is 4. The van der Waals surface area contributed by atoms with Gasteiger partial charge in [0.05, 0.1) is 0 Å². The van der Waals surface area contributed by atoms with E-state index in [4.69, 9.17) is 11.5 Å². The summed E-state index contributed by atoms with van der Waals surface area (Å²) in [5, 5.41) is 0. The molecular formula is C10H15ClF2N2. The molecule has 2 nitrogen and oxygen atoms in total. The van der Waals surface area contributed by atoms with Crippen LogP contribution in [-0.2, 0) is 0 Å². The first-order valence-corrected chi connectivity index (χ1v) is 4.55. The average Bonchev–Trinajstić information content (AvgIpc) is 2.18. The second kappa shape index (κ2) is 6.71. The van der Waals surface area contributed by atoms with Crippen LogP contribution >= 0.6 is 12.4 Å². The SMILES string of the molecule is Cl.NCCC[C@@H](N)c1ccc(F)c(F)c1. The maximum atomic E-state index is 12.8. The first-order chi connectivity index (χ1) is 6.65. The predicted molar refractivity (Wildman–Crippen MR) is 58.8 cm³/mol. The van der Waals surface area contributed by atoms with E-state index in [2.05, 4.69) is 0 Å². The fourth-order valence-electron chi connectivity index (χ4n) is 1.25. The van der Waals surface area contributed by atoms with Crippen LogP contribution in [0.1, 0.15) is 24.4 Å². The molecule has 0 bridgehead atoms. The molecule has 0 radical (unpaired) electrons. The van der Waals surface area contributed by atoms with Gasteiger partial charge in [-0.2, -0.15) is 0 Å². The monoisotopic (exact) mass is 236 g/mol. The summed E-state index contributed by atoms with van der Waals surface area (Å²) in [6, 6.07) is 3.46. The fourth-order valence-corrected chi connectivity index (χ4v) is 1.25. The van der Waals surface area contributed by atoms with E-state index in [0.717, 1.165) is 18.6 Å². The molecule has 1 aromatic carbocycles. The standard InChI is InChI=1S/C10H14F2N2.ClH/c11-8-4-3-7(6-9(8)12)10(14)2-1-5-13;/h3-4,6,10H,1-2,5,13-14H2;1H/t10-;/m1./s1. The van der Waals surface area contributed by atoms with Crippen molar-refractivity contribution >= 4 is 12.4 Å². The Morgan fingerprint density at radius 3 is 2.40 bits per heavy atom. The van der Waals surface area contributed by atoms with Crippen molar-refractivity contribution in [2.75, 3.05) is 6.54 Å². The van der Waals surface area contributed by atoms with Gasteiger partial charge in [-0.25, -0.2) is 8.78 Å². The van der Waals surface area contributed by atoms with Crippen LogP contribution in [0.4, 0.5) is 8.78 Å². The first kappa shape index (κ1) is 14.3. The molecule has 0 amide bonds. The van der Waals surface area contributed by atoms with Gasteiger partial charge >= 0.3 is 0 Å². The molecule has 0 heterocycles. The van der Waals surface area contributed by atoms with Gasteiger partial charge in [0.15, 0.2) is 11.6 Å². The molecule has 0 aromatic heterocycles. The molecule has 4 N–H and O–H groups in total. The van der Waals surface area contributed by atoms with Gasteiger partial charge in [-0.3, -0.25) is 0 Å². The summed E-state index contributed by atoms with van der Waals surface area (Å²) >= 11 is 0. The molecule has 0 fully saturated rings. The van der Waals surface area contributed by atoms with E-state index >= 15 is 0 Å². The number of benzene rings is 1. The maximum Gasteiger partial charge on any atom is 0.159 e. The van der Waals surface area contributed by atoms with E-state index in [1.807, 2.05) is 0 Å². The summed E-state index contributed by atoms with van der Waals surface area (Å²) in [5.41, 5.74) is 11.7. The Bertz CT molecular complexity index is 307. The highest BCUT2D eigenvalue weighted by Crippen LogP contribution is 2.17. The highest BCUT2D eigenvalue weighted by Gasteiger charge is 2.08. The smallest absolute Gasteiger partial charge is 0.159 e. The summed E-state index contributed by atoms with van der Waals surface area (Å²) in [5.74, 6) is -1.70. The van der Waals surface area contributed by atoms with Crippen molar-refractivity contribution in [3.05, 3.63) is 35.4 Å². The Kier molecular flexibility index (Phi) is 6.40. The quantitative estimate of drug-likeness (QED) is 0.842. The van der Waals surface area contributed by atoms with Crippen LogP contribution < -0.4 is 11.5 Å². The van der Waals surface area contributed by atoms with Gasteiger partial charge in [0.25, 0.3) is 0 Å². The summed E-state index contributed by atoms with van der Waals surface area (Å²) < 4.78 is 25.4. The van der Waals surface area contributed by atoms with Crippen molar-refractivity contribution in [2.24, 2.45) is 11.5 Å². The molecule has 0 unspecified atom stereocenters. The largest absolute Gasteiger partial charge is 0.330 e. The lowest BCUT2D eigenvalue weighted by Crippen LogP contribution is -2.12. The third kappa shape index (κ3) is 4.11. The lowest BCUT2D eigenvalue weighted by Gasteiger charge is -2.11. The Hall–Kier alpha value is -0.710. The molecule has 86 valence electrons. The minimum Gasteiger partial charge on any atom is -0.330 e. The fraction of sp³-hybridized carbons (Fsp3) is 0.400. The lowest BCUT2D eigenvalue weighted by atomic mass is 10.0. The summed E-state index contributed by atoms with van der Waals surface area (Å²) in [4.78, 5) is 0. The van der Waals surface area contributed by atoms with Crippen LogP contribution in [-0.4, -0.2) is 6.54 Å². The van der Waals surface area contributed by atoms with Gasteiger partial charge in [-0.1, -0.05) is 6.07 Å². The Balaban J connectivity index is 0.00000196. The topological polar surface area (TPSA) is 52.0 Å². The normalized spacial score (nSPS) is 12.0. The number of hydrogen-bond acceptors (Lipinski definition) is 2. The first-order valence-electron chi connectivity index (χ1n) is 4.55. The van der Waals surface area contributed by atoms with Crippen molar-refractivity contribution in [2.45, 2.75) is 18.9 Å². The van der Waals surface area contributed by atoms with Crippen molar-refractivity contribution in [3.8, 4) is 0 Å². The van der Waals surface area contributed by atoms with E-state index in [9.17, 15) is 8.78 Å². The van der Waals surface area contributed by atoms with Gasteiger partial charge in [-0.15, -0.1) is 12.4 Å². The average molecular weight is 237 g/mol. The molecule has 1 atom stereocenters. The van der Waals surface area contributed by atoms with Crippen molar-refractivity contribution < 1.29 is 8.78 Å². The minimum absolute atomic E-state index is 0. The summed E-state index contributed by atoms with van der Waals surface area (Å²) in [7, 11) is 0. The van der Waals surface area contributed by atoms with E-state index < -0.39 is 11.6 Å². The number of halogens is 3.